The van der Waals surface area contributed by atoms with Crippen LogP contribution in [0.4, 0.5) is 0 Å². The first-order valence-electron chi connectivity index (χ1n) is 6.21. The molecule has 1 amide bonds. The highest BCUT2D eigenvalue weighted by atomic mass is 16.5. The fourth-order valence-electron chi connectivity index (χ4n) is 1.97. The van der Waals surface area contributed by atoms with Crippen molar-refractivity contribution in [2.45, 2.75) is 12.8 Å². The molecule has 19 heavy (non-hydrogen) atoms. The van der Waals surface area contributed by atoms with Gasteiger partial charge in [-0.2, -0.15) is 0 Å². The molecule has 0 spiro atoms. The topological polar surface area (TPSA) is 88.5 Å². The molecule has 6 nitrogen and oxygen atoms in total. The van der Waals surface area contributed by atoms with Crippen molar-refractivity contribution in [1.82, 2.24) is 10.3 Å². The minimum atomic E-state index is -1.09. The number of carbonyl (C=O) groups excluding carboxylic acids is 1. The molecule has 2 N–H and O–H groups in total. The second-order valence-electron chi connectivity index (χ2n) is 4.53. The second-order valence-corrected chi connectivity index (χ2v) is 4.53. The minimum absolute atomic E-state index is 0.0127. The summed E-state index contributed by atoms with van der Waals surface area (Å²) >= 11 is 0. The monoisotopic (exact) mass is 264 g/mol. The number of pyridine rings is 1. The molecule has 0 aromatic carbocycles. The van der Waals surface area contributed by atoms with Crippen LogP contribution in [0.1, 0.15) is 33.6 Å². The first-order valence-corrected chi connectivity index (χ1v) is 6.21. The van der Waals surface area contributed by atoms with Crippen molar-refractivity contribution in [2.24, 2.45) is 5.92 Å². The number of hydrogen-bond acceptors (Lipinski definition) is 4. The summed E-state index contributed by atoms with van der Waals surface area (Å²) in [6, 6.07) is 1.33. The molecule has 1 fully saturated rings. The van der Waals surface area contributed by atoms with E-state index in [1.807, 2.05) is 0 Å². The van der Waals surface area contributed by atoms with Crippen molar-refractivity contribution in [2.75, 3.05) is 19.8 Å². The van der Waals surface area contributed by atoms with Crippen LogP contribution in [-0.2, 0) is 4.74 Å². The van der Waals surface area contributed by atoms with Crippen LogP contribution in [0.25, 0.3) is 0 Å². The third kappa shape index (κ3) is 3.75. The molecule has 1 aromatic rings. The van der Waals surface area contributed by atoms with E-state index in [1.165, 1.54) is 18.5 Å². The van der Waals surface area contributed by atoms with Gasteiger partial charge in [0.2, 0.25) is 0 Å². The number of aromatic nitrogens is 1. The lowest BCUT2D eigenvalue weighted by Crippen LogP contribution is -2.32. The maximum absolute atomic E-state index is 11.9. The normalized spacial score (nSPS) is 16.0. The Hall–Kier alpha value is -1.95. The number of nitrogens with one attached hydrogen (secondary N) is 1. The SMILES string of the molecule is O=C(O)c1cncc(C(=O)NCC2CCOCC2)c1. The number of carboxylic acids is 1. The molecule has 2 heterocycles. The number of carbonyl (C=O) groups is 2. The summed E-state index contributed by atoms with van der Waals surface area (Å²) in [6.07, 6.45) is 4.46. The van der Waals surface area contributed by atoms with Crippen molar-refractivity contribution in [3.8, 4) is 0 Å². The Morgan fingerprint density at radius 2 is 2.00 bits per heavy atom. The first kappa shape index (κ1) is 13.5. The Morgan fingerprint density at radius 3 is 2.68 bits per heavy atom. The fourth-order valence-corrected chi connectivity index (χ4v) is 1.97. The molecule has 0 atom stereocenters. The first-order chi connectivity index (χ1) is 9.16. The molecule has 1 saturated heterocycles. The van der Waals surface area contributed by atoms with Crippen molar-refractivity contribution < 1.29 is 19.4 Å². The smallest absolute Gasteiger partial charge is 0.337 e. The van der Waals surface area contributed by atoms with Crippen LogP contribution in [0.5, 0.6) is 0 Å². The van der Waals surface area contributed by atoms with Gasteiger partial charge < -0.3 is 15.2 Å². The van der Waals surface area contributed by atoms with Crippen LogP contribution in [0.2, 0.25) is 0 Å². The molecular weight excluding hydrogens is 248 g/mol. The lowest BCUT2D eigenvalue weighted by atomic mass is 10.0. The standard InChI is InChI=1S/C13H16N2O4/c16-12(15-6-9-1-3-19-4-2-9)10-5-11(13(17)18)8-14-7-10/h5,7-9H,1-4,6H2,(H,15,16)(H,17,18). The maximum Gasteiger partial charge on any atom is 0.337 e. The summed E-state index contributed by atoms with van der Waals surface area (Å²) in [7, 11) is 0. The van der Waals surface area contributed by atoms with Gasteiger partial charge >= 0.3 is 5.97 Å². The number of aromatic carboxylic acids is 1. The zero-order chi connectivity index (χ0) is 13.7. The number of hydrogen-bond donors (Lipinski definition) is 2. The van der Waals surface area contributed by atoms with Crippen LogP contribution < -0.4 is 5.32 Å². The number of nitrogens with zero attached hydrogens (tertiary/aromatic N) is 1. The molecule has 0 radical (unpaired) electrons. The molecule has 2 rings (SSSR count). The third-order valence-corrected chi connectivity index (χ3v) is 3.14. The lowest BCUT2D eigenvalue weighted by molar-refractivity contribution is 0.0642. The Bertz CT molecular complexity index is 469. The van der Waals surface area contributed by atoms with Gasteiger partial charge in [-0.3, -0.25) is 9.78 Å². The Morgan fingerprint density at radius 1 is 1.32 bits per heavy atom. The van der Waals surface area contributed by atoms with E-state index >= 15 is 0 Å². The minimum Gasteiger partial charge on any atom is -0.478 e. The summed E-state index contributed by atoms with van der Waals surface area (Å²) in [4.78, 5) is 26.4. The average molecular weight is 264 g/mol. The molecule has 1 aromatic heterocycles. The third-order valence-electron chi connectivity index (χ3n) is 3.14. The largest absolute Gasteiger partial charge is 0.478 e. The second kappa shape index (κ2) is 6.29. The Labute approximate surface area is 110 Å². The van der Waals surface area contributed by atoms with Gasteiger partial charge in [0.15, 0.2) is 0 Å². The van der Waals surface area contributed by atoms with Crippen molar-refractivity contribution in [3.05, 3.63) is 29.6 Å². The van der Waals surface area contributed by atoms with E-state index < -0.39 is 5.97 Å². The van der Waals surface area contributed by atoms with Gasteiger partial charge in [-0.05, 0) is 24.8 Å². The van der Waals surface area contributed by atoms with Crippen LogP contribution in [0.15, 0.2) is 18.5 Å². The average Bonchev–Trinajstić information content (AvgIpc) is 2.46. The summed E-state index contributed by atoms with van der Waals surface area (Å²) < 4.78 is 5.25. The molecule has 0 saturated carbocycles. The van der Waals surface area contributed by atoms with Crippen molar-refractivity contribution >= 4 is 11.9 Å². The fraction of sp³-hybridized carbons (Fsp3) is 0.462. The van der Waals surface area contributed by atoms with E-state index in [0.717, 1.165) is 26.1 Å². The molecule has 0 aliphatic carbocycles. The molecule has 6 heteroatoms. The van der Waals surface area contributed by atoms with E-state index in [4.69, 9.17) is 9.84 Å². The zero-order valence-corrected chi connectivity index (χ0v) is 10.5. The molecule has 1 aliphatic heterocycles. The van der Waals surface area contributed by atoms with Gasteiger partial charge in [0.1, 0.15) is 0 Å². The van der Waals surface area contributed by atoms with Gasteiger partial charge in [0.25, 0.3) is 5.91 Å². The van der Waals surface area contributed by atoms with Crippen LogP contribution in [0, 0.1) is 5.92 Å². The summed E-state index contributed by atoms with van der Waals surface area (Å²) in [6.45, 7) is 2.05. The Balaban J connectivity index is 1.92. The summed E-state index contributed by atoms with van der Waals surface area (Å²) in [5, 5.41) is 11.6. The van der Waals surface area contributed by atoms with Gasteiger partial charge in [-0.1, -0.05) is 0 Å². The highest BCUT2D eigenvalue weighted by Crippen LogP contribution is 2.13. The molecule has 0 unspecified atom stereocenters. The van der Waals surface area contributed by atoms with Crippen LogP contribution in [0.3, 0.4) is 0 Å². The summed E-state index contributed by atoms with van der Waals surface area (Å²) in [5.74, 6) is -0.956. The molecular formula is C13H16N2O4. The summed E-state index contributed by atoms with van der Waals surface area (Å²) in [5.41, 5.74) is 0.283. The van der Waals surface area contributed by atoms with Gasteiger partial charge in [-0.15, -0.1) is 0 Å². The van der Waals surface area contributed by atoms with E-state index in [0.29, 0.717) is 12.5 Å². The van der Waals surface area contributed by atoms with Gasteiger partial charge in [0, 0.05) is 32.2 Å². The zero-order valence-electron chi connectivity index (χ0n) is 10.5. The maximum atomic E-state index is 11.9. The predicted octanol–water partition coefficient (Wildman–Crippen LogP) is 0.936. The number of rotatable bonds is 4. The van der Waals surface area contributed by atoms with E-state index in [2.05, 4.69) is 10.3 Å². The quantitative estimate of drug-likeness (QED) is 0.844. The predicted molar refractivity (Wildman–Crippen MR) is 67.1 cm³/mol. The van der Waals surface area contributed by atoms with Gasteiger partial charge in [0.05, 0.1) is 11.1 Å². The van der Waals surface area contributed by atoms with E-state index in [1.54, 1.807) is 0 Å². The van der Waals surface area contributed by atoms with Crippen molar-refractivity contribution in [1.29, 1.82) is 0 Å². The number of ether oxygens (including phenoxy) is 1. The lowest BCUT2D eigenvalue weighted by Gasteiger charge is -2.22. The Kier molecular flexibility index (Phi) is 4.46. The van der Waals surface area contributed by atoms with E-state index in [9.17, 15) is 9.59 Å². The highest BCUT2D eigenvalue weighted by molar-refractivity contribution is 5.96. The number of amides is 1. The number of carboxylic acid groups (broad SMARTS) is 1. The van der Waals surface area contributed by atoms with E-state index in [-0.39, 0.29) is 17.0 Å². The molecule has 1 aliphatic rings. The molecule has 102 valence electrons. The van der Waals surface area contributed by atoms with Crippen LogP contribution in [-0.4, -0.2) is 41.7 Å². The van der Waals surface area contributed by atoms with Gasteiger partial charge in [-0.25, -0.2) is 4.79 Å². The molecule has 0 bridgehead atoms. The van der Waals surface area contributed by atoms with Crippen LogP contribution >= 0.6 is 0 Å². The van der Waals surface area contributed by atoms with Crippen molar-refractivity contribution in [3.63, 3.8) is 0 Å². The highest BCUT2D eigenvalue weighted by Gasteiger charge is 2.16.